The van der Waals surface area contributed by atoms with Crippen LogP contribution in [0.3, 0.4) is 0 Å². The van der Waals surface area contributed by atoms with E-state index in [9.17, 15) is 0 Å². The molecular weight excluding hydrogens is 250 g/mol. The monoisotopic (exact) mass is 275 g/mol. The second-order valence-corrected chi connectivity index (χ2v) is 5.42. The van der Waals surface area contributed by atoms with E-state index in [4.69, 9.17) is 4.74 Å². The fraction of sp³-hybridized carbons (Fsp3) is 0.562. The molecule has 1 fully saturated rings. The lowest BCUT2D eigenvalue weighted by Crippen LogP contribution is -2.39. The summed E-state index contributed by atoms with van der Waals surface area (Å²) in [5, 5.41) is 6.76. The summed E-state index contributed by atoms with van der Waals surface area (Å²) in [5.74, 6) is 3.05. The van der Waals surface area contributed by atoms with Crippen LogP contribution < -0.4 is 15.4 Å². The number of nitrogens with one attached hydrogen (secondary N) is 2. The molecule has 4 heteroatoms. The molecule has 2 rings (SSSR count). The zero-order valence-corrected chi connectivity index (χ0v) is 12.6. The van der Waals surface area contributed by atoms with Crippen molar-refractivity contribution in [3.05, 3.63) is 29.8 Å². The number of guanidine groups is 1. The second-order valence-electron chi connectivity index (χ2n) is 5.42. The van der Waals surface area contributed by atoms with Gasteiger partial charge in [0.05, 0.1) is 7.11 Å². The van der Waals surface area contributed by atoms with Crippen LogP contribution in [0.1, 0.15) is 31.2 Å². The molecule has 0 amide bonds. The third-order valence-corrected chi connectivity index (χ3v) is 3.72. The molecule has 0 aliphatic heterocycles. The molecule has 1 atom stereocenters. The van der Waals surface area contributed by atoms with E-state index >= 15 is 0 Å². The number of rotatable bonds is 6. The molecule has 1 aliphatic rings. The topological polar surface area (TPSA) is 45.7 Å². The van der Waals surface area contributed by atoms with Crippen molar-refractivity contribution >= 4 is 5.96 Å². The van der Waals surface area contributed by atoms with E-state index in [0.29, 0.717) is 5.92 Å². The molecule has 1 aliphatic carbocycles. The van der Waals surface area contributed by atoms with Gasteiger partial charge in [-0.3, -0.25) is 4.99 Å². The highest BCUT2D eigenvalue weighted by molar-refractivity contribution is 5.79. The first-order valence-electron chi connectivity index (χ1n) is 7.32. The highest BCUT2D eigenvalue weighted by Crippen LogP contribution is 2.27. The van der Waals surface area contributed by atoms with Crippen molar-refractivity contribution in [2.24, 2.45) is 10.9 Å². The second kappa shape index (κ2) is 7.17. The first kappa shape index (κ1) is 14.7. The standard InChI is InChI=1S/C16H25N3O/c1-12(14-6-4-5-7-15(14)20-3)10-18-16(17-2)19-11-13-8-9-13/h4-7,12-13H,8-11H2,1-3H3,(H2,17,18,19). The summed E-state index contributed by atoms with van der Waals surface area (Å²) in [4.78, 5) is 4.26. The third-order valence-electron chi connectivity index (χ3n) is 3.72. The summed E-state index contributed by atoms with van der Waals surface area (Å²) < 4.78 is 5.41. The Hall–Kier alpha value is -1.71. The van der Waals surface area contributed by atoms with Gasteiger partial charge in [-0.25, -0.2) is 0 Å². The molecule has 4 nitrogen and oxygen atoms in total. The highest BCUT2D eigenvalue weighted by Gasteiger charge is 2.21. The zero-order valence-electron chi connectivity index (χ0n) is 12.6. The van der Waals surface area contributed by atoms with E-state index in [0.717, 1.165) is 30.7 Å². The van der Waals surface area contributed by atoms with Crippen LogP contribution in [0, 0.1) is 5.92 Å². The van der Waals surface area contributed by atoms with Crippen LogP contribution in [-0.4, -0.2) is 33.2 Å². The van der Waals surface area contributed by atoms with E-state index in [1.54, 1.807) is 7.11 Å². The molecule has 0 bridgehead atoms. The molecular formula is C16H25N3O. The van der Waals surface area contributed by atoms with Gasteiger partial charge in [-0.2, -0.15) is 0 Å². The van der Waals surface area contributed by atoms with Crippen molar-refractivity contribution in [1.29, 1.82) is 0 Å². The molecule has 2 N–H and O–H groups in total. The summed E-state index contributed by atoms with van der Waals surface area (Å²) in [5.41, 5.74) is 1.22. The molecule has 0 heterocycles. The Morgan fingerprint density at radius 1 is 1.35 bits per heavy atom. The number of hydrogen-bond donors (Lipinski definition) is 2. The Morgan fingerprint density at radius 3 is 2.75 bits per heavy atom. The number of nitrogens with zero attached hydrogens (tertiary/aromatic N) is 1. The van der Waals surface area contributed by atoms with E-state index in [-0.39, 0.29) is 0 Å². The zero-order chi connectivity index (χ0) is 14.4. The summed E-state index contributed by atoms with van der Waals surface area (Å²) in [7, 11) is 3.53. The fourth-order valence-corrected chi connectivity index (χ4v) is 2.22. The summed E-state index contributed by atoms with van der Waals surface area (Å²) >= 11 is 0. The van der Waals surface area contributed by atoms with Gasteiger partial charge in [0.25, 0.3) is 0 Å². The molecule has 1 saturated carbocycles. The molecule has 0 aromatic heterocycles. The number of para-hydroxylation sites is 1. The van der Waals surface area contributed by atoms with Crippen LogP contribution >= 0.6 is 0 Å². The molecule has 1 unspecified atom stereocenters. The Labute approximate surface area is 121 Å². The summed E-state index contributed by atoms with van der Waals surface area (Å²) in [6.07, 6.45) is 2.70. The van der Waals surface area contributed by atoms with Gasteiger partial charge in [0.15, 0.2) is 5.96 Å². The quantitative estimate of drug-likeness (QED) is 0.619. The lowest BCUT2D eigenvalue weighted by Gasteiger charge is -2.18. The number of methoxy groups -OCH3 is 1. The maximum atomic E-state index is 5.41. The van der Waals surface area contributed by atoms with Crippen molar-refractivity contribution < 1.29 is 4.74 Å². The average molecular weight is 275 g/mol. The van der Waals surface area contributed by atoms with E-state index in [1.807, 2.05) is 19.2 Å². The van der Waals surface area contributed by atoms with Gasteiger partial charge in [-0.1, -0.05) is 25.1 Å². The minimum absolute atomic E-state index is 0.366. The van der Waals surface area contributed by atoms with Gasteiger partial charge in [0, 0.05) is 26.1 Å². The Kier molecular flexibility index (Phi) is 5.27. The number of hydrogen-bond acceptors (Lipinski definition) is 2. The molecule has 0 saturated heterocycles. The number of ether oxygens (including phenoxy) is 1. The van der Waals surface area contributed by atoms with Gasteiger partial charge in [-0.15, -0.1) is 0 Å². The molecule has 0 radical (unpaired) electrons. The summed E-state index contributed by atoms with van der Waals surface area (Å²) in [6.45, 7) is 4.06. The van der Waals surface area contributed by atoms with E-state index in [1.165, 1.54) is 18.4 Å². The lowest BCUT2D eigenvalue weighted by molar-refractivity contribution is 0.406. The average Bonchev–Trinajstić information content (AvgIpc) is 3.31. The first-order valence-corrected chi connectivity index (χ1v) is 7.32. The van der Waals surface area contributed by atoms with Crippen molar-refractivity contribution in [1.82, 2.24) is 10.6 Å². The predicted molar refractivity (Wildman–Crippen MR) is 83.5 cm³/mol. The maximum Gasteiger partial charge on any atom is 0.191 e. The van der Waals surface area contributed by atoms with Crippen LogP contribution in [0.25, 0.3) is 0 Å². The highest BCUT2D eigenvalue weighted by atomic mass is 16.5. The van der Waals surface area contributed by atoms with Gasteiger partial charge in [0.1, 0.15) is 5.75 Å². The lowest BCUT2D eigenvalue weighted by atomic mass is 10.0. The van der Waals surface area contributed by atoms with Crippen LogP contribution in [0.15, 0.2) is 29.3 Å². The van der Waals surface area contributed by atoms with Crippen molar-refractivity contribution in [2.45, 2.75) is 25.7 Å². The Bertz CT molecular complexity index is 455. The van der Waals surface area contributed by atoms with Gasteiger partial charge < -0.3 is 15.4 Å². The van der Waals surface area contributed by atoms with Gasteiger partial charge >= 0.3 is 0 Å². The minimum Gasteiger partial charge on any atom is -0.496 e. The minimum atomic E-state index is 0.366. The SMILES string of the molecule is CN=C(NCC1CC1)NCC(C)c1ccccc1OC. The number of aliphatic imine (C=N–C) groups is 1. The van der Waals surface area contributed by atoms with Crippen molar-refractivity contribution in [3.63, 3.8) is 0 Å². The molecule has 20 heavy (non-hydrogen) atoms. The van der Waals surface area contributed by atoms with E-state index in [2.05, 4.69) is 34.7 Å². The van der Waals surface area contributed by atoms with Crippen LogP contribution in [0.2, 0.25) is 0 Å². The molecule has 0 spiro atoms. The predicted octanol–water partition coefficient (Wildman–Crippen LogP) is 2.37. The molecule has 110 valence electrons. The van der Waals surface area contributed by atoms with Crippen molar-refractivity contribution in [3.8, 4) is 5.75 Å². The maximum absolute atomic E-state index is 5.41. The number of benzene rings is 1. The Balaban J connectivity index is 1.84. The Morgan fingerprint density at radius 2 is 2.10 bits per heavy atom. The summed E-state index contributed by atoms with van der Waals surface area (Å²) in [6, 6.07) is 8.17. The van der Waals surface area contributed by atoms with Gasteiger partial charge in [0.2, 0.25) is 0 Å². The van der Waals surface area contributed by atoms with E-state index < -0.39 is 0 Å². The van der Waals surface area contributed by atoms with Crippen molar-refractivity contribution in [2.75, 3.05) is 27.2 Å². The van der Waals surface area contributed by atoms with Crippen LogP contribution in [0.4, 0.5) is 0 Å². The normalized spacial score (nSPS) is 16.6. The molecule has 1 aromatic carbocycles. The fourth-order valence-electron chi connectivity index (χ4n) is 2.22. The molecule has 1 aromatic rings. The third kappa shape index (κ3) is 4.15. The van der Waals surface area contributed by atoms with Crippen LogP contribution in [-0.2, 0) is 0 Å². The van der Waals surface area contributed by atoms with Crippen LogP contribution in [0.5, 0.6) is 5.75 Å². The largest absolute Gasteiger partial charge is 0.496 e. The smallest absolute Gasteiger partial charge is 0.191 e. The van der Waals surface area contributed by atoms with Gasteiger partial charge in [-0.05, 0) is 30.4 Å². The first-order chi connectivity index (χ1) is 9.74.